The second-order valence-corrected chi connectivity index (χ2v) is 20.6. The zero-order valence-corrected chi connectivity index (χ0v) is 38.3. The number of anilines is 3. The van der Waals surface area contributed by atoms with E-state index in [1.807, 2.05) is 12.1 Å². The maximum absolute atomic E-state index is 15.2. The second-order valence-electron chi connectivity index (χ2n) is 19.0. The van der Waals surface area contributed by atoms with Gasteiger partial charge in [-0.3, -0.25) is 43.5 Å². The minimum atomic E-state index is -4.25. The van der Waals surface area contributed by atoms with Gasteiger partial charge in [0.25, 0.3) is 17.4 Å². The van der Waals surface area contributed by atoms with Crippen LogP contribution in [-0.4, -0.2) is 132 Å². The number of ether oxygens (including phenoxy) is 1. The summed E-state index contributed by atoms with van der Waals surface area (Å²) in [6, 6.07) is 16.1. The number of nitriles is 1. The van der Waals surface area contributed by atoms with Gasteiger partial charge in [0.05, 0.1) is 39.6 Å². The van der Waals surface area contributed by atoms with Crippen LogP contribution in [0.15, 0.2) is 78.0 Å². The van der Waals surface area contributed by atoms with Crippen LogP contribution in [0.4, 0.5) is 26.0 Å². The third kappa shape index (κ3) is 8.06. The van der Waals surface area contributed by atoms with Gasteiger partial charge in [0, 0.05) is 76.4 Å². The van der Waals surface area contributed by atoms with E-state index in [2.05, 4.69) is 29.7 Å². The monoisotopic (exact) mass is 973 g/mol. The first-order valence-corrected chi connectivity index (χ1v) is 24.5. The first-order valence-electron chi connectivity index (χ1n) is 23.0. The maximum Gasteiger partial charge on any atom is 0.301 e. The summed E-state index contributed by atoms with van der Waals surface area (Å²) in [5.41, 5.74) is 1.26. The molecule has 22 heteroatoms. The van der Waals surface area contributed by atoms with E-state index in [9.17, 15) is 42.0 Å². The molecule has 70 heavy (non-hydrogen) atoms. The number of rotatable bonds is 11. The Kier molecular flexibility index (Phi) is 11.1. The lowest BCUT2D eigenvalue weighted by Crippen LogP contribution is -2.72. The Morgan fingerprint density at radius 1 is 0.857 bits per heavy atom. The Morgan fingerprint density at radius 2 is 1.63 bits per heavy atom. The third-order valence-corrected chi connectivity index (χ3v) is 15.8. The molecule has 1 unspecified atom stereocenters. The average Bonchev–Trinajstić information content (AvgIpc) is 3.88. The quantitative estimate of drug-likeness (QED) is 0.180. The van der Waals surface area contributed by atoms with Gasteiger partial charge in [0.15, 0.2) is 11.6 Å². The van der Waals surface area contributed by atoms with E-state index in [4.69, 9.17) is 9.72 Å². The van der Waals surface area contributed by atoms with Crippen molar-refractivity contribution in [1.82, 2.24) is 34.0 Å². The molecule has 8 heterocycles. The van der Waals surface area contributed by atoms with Crippen molar-refractivity contribution in [2.75, 3.05) is 73.4 Å². The molecule has 5 fully saturated rings. The number of amides is 4. The molecule has 0 saturated carbocycles. The number of imide groups is 2. The van der Waals surface area contributed by atoms with Crippen molar-refractivity contribution in [3.8, 4) is 23.3 Å². The fourth-order valence-corrected chi connectivity index (χ4v) is 12.0. The van der Waals surface area contributed by atoms with Gasteiger partial charge >= 0.3 is 10.2 Å². The molecule has 11 rings (SSSR count). The lowest BCUT2D eigenvalue weighted by Gasteiger charge is -2.61. The molecule has 5 saturated heterocycles. The summed E-state index contributed by atoms with van der Waals surface area (Å²) in [7, 11) is -4.25. The van der Waals surface area contributed by atoms with Gasteiger partial charge in [-0.05, 0) is 92.3 Å². The Hall–Kier alpha value is -7.35. The van der Waals surface area contributed by atoms with E-state index >= 15 is 4.39 Å². The number of alkyl halides is 1. The lowest BCUT2D eigenvalue weighted by atomic mass is 9.72. The number of halogens is 2. The number of fused-ring (bicyclic) bond motifs is 2. The summed E-state index contributed by atoms with van der Waals surface area (Å²) < 4.78 is 65.1. The Balaban J connectivity index is 0.677. The summed E-state index contributed by atoms with van der Waals surface area (Å²) in [6.45, 7) is 5.93. The van der Waals surface area contributed by atoms with Gasteiger partial charge in [-0.2, -0.15) is 18.0 Å². The van der Waals surface area contributed by atoms with Crippen molar-refractivity contribution in [2.24, 2.45) is 11.3 Å². The summed E-state index contributed by atoms with van der Waals surface area (Å²) in [6.07, 6.45) is 3.88. The van der Waals surface area contributed by atoms with Crippen LogP contribution < -0.4 is 30.1 Å². The van der Waals surface area contributed by atoms with Crippen LogP contribution in [0.2, 0.25) is 0 Å². The molecule has 2 N–H and O–H groups in total. The van der Waals surface area contributed by atoms with Gasteiger partial charge in [-0.25, -0.2) is 18.7 Å². The molecule has 4 amide bonds. The van der Waals surface area contributed by atoms with Crippen molar-refractivity contribution in [1.29, 1.82) is 5.26 Å². The van der Waals surface area contributed by atoms with Crippen LogP contribution in [-0.2, 0) is 19.8 Å². The van der Waals surface area contributed by atoms with E-state index in [1.165, 1.54) is 29.1 Å². The van der Waals surface area contributed by atoms with E-state index in [0.717, 1.165) is 91.5 Å². The zero-order chi connectivity index (χ0) is 48.6. The number of pyridine rings is 1. The van der Waals surface area contributed by atoms with Crippen molar-refractivity contribution in [2.45, 2.75) is 44.3 Å². The number of carbonyl (C=O) groups is 4. The van der Waals surface area contributed by atoms with Crippen LogP contribution in [0, 0.1) is 28.5 Å². The topological polar surface area (TPSA) is 223 Å². The molecule has 5 aromatic rings. The lowest BCUT2D eigenvalue weighted by molar-refractivity contribution is -0.136. The van der Waals surface area contributed by atoms with Gasteiger partial charge in [0.2, 0.25) is 11.8 Å². The summed E-state index contributed by atoms with van der Waals surface area (Å²) in [5, 5.41) is 12.3. The average molecular weight is 974 g/mol. The molecule has 19 nitrogen and oxygen atoms in total. The normalized spacial score (nSPS) is 21.7. The molecule has 6 aliphatic rings. The zero-order valence-electron chi connectivity index (χ0n) is 37.5. The first-order chi connectivity index (χ1) is 33.7. The standard InChI is InChI=1S/C48H45F2N11O8S/c49-29-13-16-59(22-29)70(67,68)55-39-7-5-37(50)43(36(39)19-51)69-32-3-6-38-35(18-32)45(64)60(27-53-38)31-2-9-41(52-20-31)57-14-11-28(12-15-57)21-56-23-48(24-56)25-58(26-48)30-1-4-33-34(17-30)47(66)61(46(33)65)40-8-10-42(62)54-44(40)63/h1-7,9,17-18,20,27-29,40,55H,8,10-16,21-26H2,(H,54,62,63)/t29-,40?/m1/s1. The molecule has 360 valence electrons. The van der Waals surface area contributed by atoms with E-state index < -0.39 is 68.7 Å². The predicted octanol–water partition coefficient (Wildman–Crippen LogP) is 3.72. The summed E-state index contributed by atoms with van der Waals surface area (Å²) in [5.74, 6) is -2.26. The van der Waals surface area contributed by atoms with Crippen molar-refractivity contribution in [3.05, 3.63) is 106 Å². The number of nitrogens with one attached hydrogen (secondary N) is 2. The number of nitrogens with zero attached hydrogens (tertiary/aromatic N) is 9. The number of hydrogen-bond donors (Lipinski definition) is 2. The predicted molar refractivity (Wildman–Crippen MR) is 249 cm³/mol. The first kappa shape index (κ1) is 45.1. The molecule has 2 atom stereocenters. The van der Waals surface area contributed by atoms with Crippen LogP contribution in [0.25, 0.3) is 16.6 Å². The van der Waals surface area contributed by atoms with E-state index in [-0.39, 0.29) is 65.7 Å². The number of piperidine rings is 2. The van der Waals surface area contributed by atoms with Crippen molar-refractivity contribution < 1.29 is 41.1 Å². The van der Waals surface area contributed by atoms with Gasteiger partial charge in [-0.15, -0.1) is 0 Å². The highest BCUT2D eigenvalue weighted by Gasteiger charge is 2.52. The molecule has 2 aromatic heterocycles. The van der Waals surface area contributed by atoms with Crippen LogP contribution in [0.3, 0.4) is 0 Å². The smallest absolute Gasteiger partial charge is 0.301 e. The Labute approximate surface area is 399 Å². The van der Waals surface area contributed by atoms with Crippen LogP contribution in [0.1, 0.15) is 58.4 Å². The molecule has 6 aliphatic heterocycles. The largest absolute Gasteiger partial charge is 0.453 e. The summed E-state index contributed by atoms with van der Waals surface area (Å²) in [4.78, 5) is 81.5. The highest BCUT2D eigenvalue weighted by Crippen LogP contribution is 2.44. The van der Waals surface area contributed by atoms with Crippen molar-refractivity contribution >= 4 is 61.9 Å². The van der Waals surface area contributed by atoms with E-state index in [0.29, 0.717) is 17.1 Å². The van der Waals surface area contributed by atoms with E-state index in [1.54, 1.807) is 30.5 Å². The molecule has 0 aliphatic carbocycles. The Bertz CT molecular complexity index is 3240. The number of benzene rings is 3. The number of aromatic nitrogens is 3. The van der Waals surface area contributed by atoms with Gasteiger partial charge < -0.3 is 19.4 Å². The van der Waals surface area contributed by atoms with Gasteiger partial charge in [0.1, 0.15) is 41.7 Å². The maximum atomic E-state index is 15.2. The minimum absolute atomic E-state index is 0.00529. The molecule has 0 radical (unpaired) electrons. The second kappa shape index (κ2) is 17.3. The minimum Gasteiger partial charge on any atom is -0.453 e. The third-order valence-electron chi connectivity index (χ3n) is 14.3. The molecular weight excluding hydrogens is 929 g/mol. The fourth-order valence-electron chi connectivity index (χ4n) is 10.7. The highest BCUT2D eigenvalue weighted by molar-refractivity contribution is 7.90. The van der Waals surface area contributed by atoms with Crippen molar-refractivity contribution in [3.63, 3.8) is 0 Å². The number of carbonyl (C=O) groups excluding carboxylic acids is 4. The van der Waals surface area contributed by atoms with Gasteiger partial charge in [-0.1, -0.05) is 0 Å². The van der Waals surface area contributed by atoms with Crippen LogP contribution >= 0.6 is 0 Å². The highest BCUT2D eigenvalue weighted by atomic mass is 32.2. The molecular formula is C48H45F2N11O8S. The fraction of sp³-hybridized carbons (Fsp3) is 0.375. The summed E-state index contributed by atoms with van der Waals surface area (Å²) >= 11 is 0. The molecule has 1 spiro atoms. The number of likely N-dealkylation sites (tertiary alicyclic amines) is 1. The SMILES string of the molecule is N#Cc1c(NS(=O)(=O)N2CC[C@@H](F)C2)ccc(F)c1Oc1ccc2ncn(-c3ccc(N4CCC(CN5CC6(C5)CN(c5ccc7c(c5)C(=O)N(C5CCC(=O)NC5=O)C7=O)C6)CC4)nc3)c(=O)c2c1. The number of hydrogen-bond acceptors (Lipinski definition) is 14. The Morgan fingerprint density at radius 3 is 2.34 bits per heavy atom. The molecule has 0 bridgehead atoms. The molecule has 3 aromatic carbocycles. The van der Waals surface area contributed by atoms with Crippen LogP contribution in [0.5, 0.6) is 11.5 Å².